The zero-order valence-corrected chi connectivity index (χ0v) is 17.4. The second-order valence-electron chi connectivity index (χ2n) is 8.15. The van der Waals surface area contributed by atoms with Crippen LogP contribution in [0, 0.1) is 18.3 Å². The van der Waals surface area contributed by atoms with Crippen LogP contribution in [0.25, 0.3) is 0 Å². The molecule has 8 nitrogen and oxygen atoms in total. The van der Waals surface area contributed by atoms with Crippen LogP contribution >= 0.6 is 0 Å². The summed E-state index contributed by atoms with van der Waals surface area (Å²) in [6.45, 7) is 4.67. The maximum Gasteiger partial charge on any atom is 0.338 e. The van der Waals surface area contributed by atoms with E-state index in [1.54, 1.807) is 24.3 Å². The van der Waals surface area contributed by atoms with Gasteiger partial charge in [-0.15, -0.1) is 0 Å². The summed E-state index contributed by atoms with van der Waals surface area (Å²) in [4.78, 5) is 18.0. The van der Waals surface area contributed by atoms with Crippen LogP contribution in [0.3, 0.4) is 0 Å². The molecule has 31 heavy (non-hydrogen) atoms. The molecule has 0 bridgehead atoms. The highest BCUT2D eigenvalue weighted by Crippen LogP contribution is 2.29. The SMILES string of the molecule is Cc1c(C(O)CN[C@@H]2CCN(CC(O)c3ccc(C#N)cn3)C2)ccc2c1COC2=O. The number of carbonyl (C=O) groups excluding carboxylic acids is 1. The van der Waals surface area contributed by atoms with Crippen LogP contribution in [-0.2, 0) is 11.3 Å². The van der Waals surface area contributed by atoms with Crippen molar-refractivity contribution in [2.75, 3.05) is 26.2 Å². The number of ether oxygens (including phenoxy) is 1. The number of pyridine rings is 1. The molecule has 4 rings (SSSR count). The third-order valence-electron chi connectivity index (χ3n) is 6.13. The summed E-state index contributed by atoms with van der Waals surface area (Å²) in [7, 11) is 0. The number of aliphatic hydroxyl groups excluding tert-OH is 2. The third kappa shape index (κ3) is 4.60. The van der Waals surface area contributed by atoms with Crippen LogP contribution in [0.15, 0.2) is 30.5 Å². The molecule has 0 spiro atoms. The summed E-state index contributed by atoms with van der Waals surface area (Å²) in [6.07, 6.45) is 1.00. The number of esters is 1. The molecule has 8 heteroatoms. The van der Waals surface area contributed by atoms with Crippen molar-refractivity contribution in [3.8, 4) is 6.07 Å². The van der Waals surface area contributed by atoms with Crippen LogP contribution in [-0.4, -0.2) is 58.3 Å². The fourth-order valence-electron chi connectivity index (χ4n) is 4.29. The smallest absolute Gasteiger partial charge is 0.338 e. The van der Waals surface area contributed by atoms with Gasteiger partial charge in [-0.1, -0.05) is 6.07 Å². The van der Waals surface area contributed by atoms with Crippen molar-refractivity contribution in [2.45, 2.75) is 38.2 Å². The molecule has 2 aromatic rings. The molecular formula is C23H26N4O4. The monoisotopic (exact) mass is 422 g/mol. The van der Waals surface area contributed by atoms with Gasteiger partial charge in [-0.25, -0.2) is 4.79 Å². The maximum atomic E-state index is 11.7. The Labute approximate surface area is 181 Å². The second-order valence-corrected chi connectivity index (χ2v) is 8.15. The lowest BCUT2D eigenvalue weighted by atomic mass is 9.95. The van der Waals surface area contributed by atoms with Crippen LogP contribution in [0.2, 0.25) is 0 Å². The van der Waals surface area contributed by atoms with E-state index in [0.29, 0.717) is 29.9 Å². The number of likely N-dealkylation sites (tertiary alicyclic amines) is 1. The van der Waals surface area contributed by atoms with E-state index in [9.17, 15) is 15.0 Å². The van der Waals surface area contributed by atoms with Gasteiger partial charge < -0.3 is 20.3 Å². The van der Waals surface area contributed by atoms with E-state index in [1.807, 2.05) is 13.0 Å². The Morgan fingerprint density at radius 2 is 2.16 bits per heavy atom. The van der Waals surface area contributed by atoms with Crippen LogP contribution in [0.4, 0.5) is 0 Å². The van der Waals surface area contributed by atoms with Crippen LogP contribution in [0.1, 0.15) is 56.9 Å². The zero-order chi connectivity index (χ0) is 22.0. The lowest BCUT2D eigenvalue weighted by Gasteiger charge is -2.21. The second kappa shape index (κ2) is 9.12. The summed E-state index contributed by atoms with van der Waals surface area (Å²) < 4.78 is 5.09. The van der Waals surface area contributed by atoms with E-state index < -0.39 is 12.2 Å². The minimum absolute atomic E-state index is 0.218. The number of nitrogens with zero attached hydrogens (tertiary/aromatic N) is 3. The van der Waals surface area contributed by atoms with Gasteiger partial charge in [0.2, 0.25) is 0 Å². The molecule has 1 fully saturated rings. The van der Waals surface area contributed by atoms with E-state index in [4.69, 9.17) is 10.00 Å². The summed E-state index contributed by atoms with van der Waals surface area (Å²) in [5, 5.41) is 33.4. The van der Waals surface area contributed by atoms with E-state index >= 15 is 0 Å². The number of hydrogen-bond donors (Lipinski definition) is 3. The Morgan fingerprint density at radius 1 is 1.32 bits per heavy atom. The van der Waals surface area contributed by atoms with Gasteiger partial charge in [0.05, 0.1) is 22.9 Å². The molecule has 162 valence electrons. The Hall–Kier alpha value is -2.83. The minimum atomic E-state index is -0.712. The van der Waals surface area contributed by atoms with Gasteiger partial charge in [-0.05, 0) is 49.2 Å². The number of aromatic nitrogens is 1. The first-order valence-electron chi connectivity index (χ1n) is 10.4. The number of rotatable bonds is 7. The molecule has 1 aromatic heterocycles. The van der Waals surface area contributed by atoms with E-state index in [-0.39, 0.29) is 18.6 Å². The number of benzene rings is 1. The largest absolute Gasteiger partial charge is 0.457 e. The van der Waals surface area contributed by atoms with Crippen molar-refractivity contribution in [1.82, 2.24) is 15.2 Å². The van der Waals surface area contributed by atoms with Gasteiger partial charge in [0.15, 0.2) is 0 Å². The molecule has 1 aromatic carbocycles. The summed E-state index contributed by atoms with van der Waals surface area (Å²) in [6, 6.07) is 9.11. The quantitative estimate of drug-likeness (QED) is 0.573. The highest BCUT2D eigenvalue weighted by atomic mass is 16.5. The number of carbonyl (C=O) groups is 1. The molecule has 0 amide bonds. The fraction of sp³-hybridized carbons (Fsp3) is 0.435. The molecule has 0 radical (unpaired) electrons. The Balaban J connectivity index is 1.28. The van der Waals surface area contributed by atoms with Crippen LogP contribution < -0.4 is 5.32 Å². The number of β-amino-alcohol motifs (C(OH)–C–C–N with tert-alkyl or cyclic N) is 1. The molecule has 0 saturated carbocycles. The van der Waals surface area contributed by atoms with Gasteiger partial charge in [-0.2, -0.15) is 5.26 Å². The lowest BCUT2D eigenvalue weighted by Crippen LogP contribution is -2.36. The number of fused-ring (bicyclic) bond motifs is 1. The van der Waals surface area contributed by atoms with Gasteiger partial charge in [0, 0.05) is 37.4 Å². The fourth-order valence-corrected chi connectivity index (χ4v) is 4.29. The van der Waals surface area contributed by atoms with Crippen LogP contribution in [0.5, 0.6) is 0 Å². The number of cyclic esters (lactones) is 1. The predicted molar refractivity (Wildman–Crippen MR) is 112 cm³/mol. The Morgan fingerprint density at radius 3 is 2.90 bits per heavy atom. The Kier molecular flexibility index (Phi) is 6.30. The molecule has 2 unspecified atom stereocenters. The van der Waals surface area contributed by atoms with Crippen molar-refractivity contribution in [2.24, 2.45) is 0 Å². The average Bonchev–Trinajstić information content (AvgIpc) is 3.39. The topological polar surface area (TPSA) is 119 Å². The van der Waals surface area contributed by atoms with Gasteiger partial charge in [-0.3, -0.25) is 9.88 Å². The summed E-state index contributed by atoms with van der Waals surface area (Å²) in [5.41, 5.74) is 4.19. The molecule has 2 aliphatic rings. The molecule has 0 aliphatic carbocycles. The van der Waals surface area contributed by atoms with E-state index in [2.05, 4.69) is 15.2 Å². The molecule has 1 saturated heterocycles. The van der Waals surface area contributed by atoms with E-state index in [0.717, 1.165) is 36.2 Å². The van der Waals surface area contributed by atoms with Crippen molar-refractivity contribution < 1.29 is 19.7 Å². The van der Waals surface area contributed by atoms with E-state index in [1.165, 1.54) is 6.20 Å². The highest BCUT2D eigenvalue weighted by molar-refractivity contribution is 5.93. The minimum Gasteiger partial charge on any atom is -0.457 e. The first kappa shape index (κ1) is 21.4. The van der Waals surface area contributed by atoms with Gasteiger partial charge in [0.25, 0.3) is 0 Å². The molecule has 3 atom stereocenters. The summed E-state index contributed by atoms with van der Waals surface area (Å²) >= 11 is 0. The van der Waals surface area contributed by atoms with Crippen molar-refractivity contribution in [1.29, 1.82) is 5.26 Å². The lowest BCUT2D eigenvalue weighted by molar-refractivity contribution is 0.0535. The highest BCUT2D eigenvalue weighted by Gasteiger charge is 2.28. The summed E-state index contributed by atoms with van der Waals surface area (Å²) in [5.74, 6) is -0.304. The number of hydrogen-bond acceptors (Lipinski definition) is 8. The Bertz CT molecular complexity index is 1000. The maximum absolute atomic E-state index is 11.7. The average molecular weight is 422 g/mol. The molecule has 2 aliphatic heterocycles. The van der Waals surface area contributed by atoms with Crippen molar-refractivity contribution >= 4 is 5.97 Å². The first-order chi connectivity index (χ1) is 15.0. The van der Waals surface area contributed by atoms with Gasteiger partial charge >= 0.3 is 5.97 Å². The standard InChI is InChI=1S/C23H26N4O4/c1-14-17(3-4-18-19(14)13-31-23(18)30)21(28)10-25-16-6-7-27(11-16)12-22(29)20-5-2-15(8-24)9-26-20/h2-5,9,16,21-22,25,28-29H,6-7,10-13H2,1H3/t16-,21?,22?/m1/s1. The normalized spacial score (nSPS) is 20.2. The van der Waals surface area contributed by atoms with Crippen molar-refractivity contribution in [3.05, 3.63) is 64.0 Å². The number of nitriles is 1. The number of aliphatic hydroxyl groups is 2. The zero-order valence-electron chi connectivity index (χ0n) is 17.4. The number of nitrogens with one attached hydrogen (secondary N) is 1. The van der Waals surface area contributed by atoms with Crippen molar-refractivity contribution in [3.63, 3.8) is 0 Å². The first-order valence-corrected chi connectivity index (χ1v) is 10.4. The third-order valence-corrected chi connectivity index (χ3v) is 6.13. The molecular weight excluding hydrogens is 396 g/mol. The van der Waals surface area contributed by atoms with Gasteiger partial charge in [0.1, 0.15) is 18.8 Å². The molecule has 3 N–H and O–H groups in total. The molecule has 3 heterocycles. The predicted octanol–water partition coefficient (Wildman–Crippen LogP) is 1.36.